The van der Waals surface area contributed by atoms with Crippen LogP contribution in [0, 0.1) is 0 Å². The quantitative estimate of drug-likeness (QED) is 0.370. The van der Waals surface area contributed by atoms with Crippen LogP contribution in [0.25, 0.3) is 5.69 Å². The van der Waals surface area contributed by atoms with Crippen molar-refractivity contribution in [2.45, 2.75) is 30.6 Å². The van der Waals surface area contributed by atoms with Gasteiger partial charge in [0, 0.05) is 25.4 Å². The average Bonchev–Trinajstić information content (AvgIpc) is 3.46. The zero-order valence-electron chi connectivity index (χ0n) is 21.0. The summed E-state index contributed by atoms with van der Waals surface area (Å²) < 4.78 is 72.0. The lowest BCUT2D eigenvalue weighted by atomic mass is 10.1. The molecule has 3 atom stereocenters. The van der Waals surface area contributed by atoms with E-state index in [-0.39, 0.29) is 34.1 Å². The van der Waals surface area contributed by atoms with E-state index in [1.54, 1.807) is 18.2 Å². The van der Waals surface area contributed by atoms with Crippen LogP contribution in [0.2, 0.25) is 5.02 Å². The standard InChI is InChI=1S/C22H27ClN6O7S2/c1-13(19(36-4)20-24-10-15(23)11-25-20)38(32,33)28-22-27-26-21(14-8-9-37(30,31)12-14)29(22)18-16(34-2)6-5-7-17(18)35-3/h5-7,10-11,13-14,19H,8-9,12H2,1-4H3,(H,27,28)/t13-,14+,19-/m0/s1. The molecule has 0 saturated carbocycles. The van der Waals surface area contributed by atoms with Gasteiger partial charge in [-0.3, -0.25) is 9.29 Å². The maximum atomic E-state index is 13.6. The molecule has 0 bridgehead atoms. The Kier molecular flexibility index (Phi) is 8.11. The van der Waals surface area contributed by atoms with Crippen molar-refractivity contribution in [3.63, 3.8) is 0 Å². The molecule has 0 aliphatic carbocycles. The first-order valence-electron chi connectivity index (χ1n) is 11.4. The first-order chi connectivity index (χ1) is 18.0. The number of halogens is 1. The second-order valence-corrected chi connectivity index (χ2v) is 13.3. The summed E-state index contributed by atoms with van der Waals surface area (Å²) in [5.74, 6) is 0.197. The van der Waals surface area contributed by atoms with Gasteiger partial charge in [0.25, 0.3) is 0 Å². The van der Waals surface area contributed by atoms with Crippen molar-refractivity contribution >= 4 is 37.4 Å². The van der Waals surface area contributed by atoms with E-state index in [0.717, 1.165) is 0 Å². The highest BCUT2D eigenvalue weighted by Gasteiger charge is 2.38. The van der Waals surface area contributed by atoms with Crippen molar-refractivity contribution in [1.82, 2.24) is 24.7 Å². The van der Waals surface area contributed by atoms with Crippen LogP contribution in [0.4, 0.5) is 5.95 Å². The first-order valence-corrected chi connectivity index (χ1v) is 15.1. The van der Waals surface area contributed by atoms with Crippen LogP contribution in [0.15, 0.2) is 30.6 Å². The zero-order chi connectivity index (χ0) is 27.7. The van der Waals surface area contributed by atoms with E-state index in [9.17, 15) is 16.8 Å². The van der Waals surface area contributed by atoms with Gasteiger partial charge in [0.1, 0.15) is 34.4 Å². The lowest BCUT2D eigenvalue weighted by Crippen LogP contribution is -2.33. The molecule has 3 heterocycles. The predicted molar refractivity (Wildman–Crippen MR) is 139 cm³/mol. The van der Waals surface area contributed by atoms with Gasteiger partial charge < -0.3 is 14.2 Å². The number of ether oxygens (including phenoxy) is 3. The molecule has 1 aliphatic heterocycles. The molecule has 1 fully saturated rings. The molecule has 13 nitrogen and oxygen atoms in total. The van der Waals surface area contributed by atoms with Crippen LogP contribution >= 0.6 is 11.6 Å². The van der Waals surface area contributed by atoms with Gasteiger partial charge in [-0.25, -0.2) is 26.8 Å². The van der Waals surface area contributed by atoms with Crippen LogP contribution in [0.1, 0.15) is 37.0 Å². The first kappa shape index (κ1) is 28.0. The Bertz CT molecular complexity index is 1490. The molecule has 0 unspecified atom stereocenters. The summed E-state index contributed by atoms with van der Waals surface area (Å²) in [6.07, 6.45) is 1.95. The molecule has 4 rings (SSSR count). The number of nitrogens with one attached hydrogen (secondary N) is 1. The monoisotopic (exact) mass is 586 g/mol. The van der Waals surface area contributed by atoms with Crippen molar-refractivity contribution in [2.75, 3.05) is 37.6 Å². The lowest BCUT2D eigenvalue weighted by molar-refractivity contribution is 0.0950. The van der Waals surface area contributed by atoms with Crippen LogP contribution in [-0.2, 0) is 24.6 Å². The summed E-state index contributed by atoms with van der Waals surface area (Å²) in [6, 6.07) is 5.02. The minimum atomic E-state index is -4.20. The van der Waals surface area contributed by atoms with Crippen LogP contribution < -0.4 is 14.2 Å². The average molecular weight is 587 g/mol. The van der Waals surface area contributed by atoms with Gasteiger partial charge in [-0.15, -0.1) is 10.2 Å². The van der Waals surface area contributed by atoms with Gasteiger partial charge in [0.05, 0.1) is 30.7 Å². The fourth-order valence-corrected chi connectivity index (χ4v) is 7.22. The summed E-state index contributed by atoms with van der Waals surface area (Å²) in [4.78, 5) is 8.18. The Morgan fingerprint density at radius 3 is 2.26 bits per heavy atom. The molecule has 16 heteroatoms. The van der Waals surface area contributed by atoms with E-state index in [2.05, 4.69) is 24.9 Å². The van der Waals surface area contributed by atoms with E-state index in [1.165, 1.54) is 45.2 Å². The van der Waals surface area contributed by atoms with Gasteiger partial charge in [0.15, 0.2) is 15.7 Å². The van der Waals surface area contributed by atoms with E-state index < -0.39 is 37.1 Å². The van der Waals surface area contributed by atoms with Crippen molar-refractivity contribution in [2.24, 2.45) is 0 Å². The number of nitrogens with zero attached hydrogens (tertiary/aromatic N) is 5. The molecule has 3 aromatic rings. The third kappa shape index (κ3) is 5.55. The molecule has 38 heavy (non-hydrogen) atoms. The molecule has 1 aliphatic rings. The Balaban J connectivity index is 1.80. The molecule has 1 saturated heterocycles. The number of hydrogen-bond donors (Lipinski definition) is 1. The van der Waals surface area contributed by atoms with E-state index in [1.807, 2.05) is 0 Å². The Morgan fingerprint density at radius 2 is 1.74 bits per heavy atom. The fourth-order valence-electron chi connectivity index (χ4n) is 4.26. The highest BCUT2D eigenvalue weighted by atomic mass is 35.5. The van der Waals surface area contributed by atoms with Crippen molar-refractivity contribution in [3.8, 4) is 17.2 Å². The van der Waals surface area contributed by atoms with Gasteiger partial charge >= 0.3 is 0 Å². The van der Waals surface area contributed by atoms with E-state index in [0.29, 0.717) is 23.6 Å². The minimum absolute atomic E-state index is 0.0116. The number of sulfone groups is 1. The largest absolute Gasteiger partial charge is 0.494 e. The Morgan fingerprint density at radius 1 is 1.11 bits per heavy atom. The van der Waals surface area contributed by atoms with Crippen molar-refractivity contribution in [1.29, 1.82) is 0 Å². The van der Waals surface area contributed by atoms with Crippen LogP contribution in [-0.4, -0.2) is 79.7 Å². The SMILES string of the molecule is COc1cccc(OC)c1-n1c(NS(=O)(=O)[C@@H](C)[C@H](OC)c2ncc(Cl)cn2)nnc1[C@@H]1CCS(=O)(=O)C1. The zero-order valence-corrected chi connectivity index (χ0v) is 23.4. The number of sulfonamides is 1. The van der Waals surface area contributed by atoms with Gasteiger partial charge in [-0.2, -0.15) is 0 Å². The van der Waals surface area contributed by atoms with Gasteiger partial charge in [-0.1, -0.05) is 17.7 Å². The van der Waals surface area contributed by atoms with Gasteiger partial charge in [-0.05, 0) is 25.5 Å². The number of benzene rings is 1. The highest BCUT2D eigenvalue weighted by molar-refractivity contribution is 7.93. The summed E-state index contributed by atoms with van der Waals surface area (Å²) in [6.45, 7) is 1.43. The molecule has 1 aromatic carbocycles. The molecular weight excluding hydrogens is 560 g/mol. The number of hydrogen-bond acceptors (Lipinski definition) is 11. The highest BCUT2D eigenvalue weighted by Crippen LogP contribution is 2.39. The van der Waals surface area contributed by atoms with Crippen molar-refractivity contribution in [3.05, 3.63) is 47.3 Å². The van der Waals surface area contributed by atoms with E-state index in [4.69, 9.17) is 25.8 Å². The molecule has 2 aromatic heterocycles. The predicted octanol–water partition coefficient (Wildman–Crippen LogP) is 2.15. The maximum absolute atomic E-state index is 13.6. The Hall–Kier alpha value is -3.01. The number of aromatic nitrogens is 5. The van der Waals surface area contributed by atoms with E-state index >= 15 is 0 Å². The molecule has 206 valence electrons. The number of para-hydroxylation sites is 1. The molecular formula is C22H27ClN6O7S2. The van der Waals surface area contributed by atoms with Crippen LogP contribution in [0.5, 0.6) is 11.5 Å². The van der Waals surface area contributed by atoms with Gasteiger partial charge in [0.2, 0.25) is 16.0 Å². The molecule has 0 radical (unpaired) electrons. The number of rotatable bonds is 10. The van der Waals surface area contributed by atoms with Crippen molar-refractivity contribution < 1.29 is 31.0 Å². The third-order valence-corrected chi connectivity index (χ3v) is 9.87. The number of methoxy groups -OCH3 is 3. The smallest absolute Gasteiger partial charge is 0.243 e. The minimum Gasteiger partial charge on any atom is -0.494 e. The fraction of sp³-hybridized carbons (Fsp3) is 0.455. The number of anilines is 1. The summed E-state index contributed by atoms with van der Waals surface area (Å²) in [5.41, 5.74) is 0.316. The molecule has 0 spiro atoms. The third-order valence-electron chi connectivity index (χ3n) is 6.21. The lowest BCUT2D eigenvalue weighted by Gasteiger charge is -2.23. The summed E-state index contributed by atoms with van der Waals surface area (Å²) in [7, 11) is -3.24. The van der Waals surface area contributed by atoms with Crippen LogP contribution in [0.3, 0.4) is 0 Å². The molecule has 1 N–H and O–H groups in total. The maximum Gasteiger partial charge on any atom is 0.243 e. The second kappa shape index (κ2) is 11.0. The summed E-state index contributed by atoms with van der Waals surface area (Å²) in [5, 5.41) is 7.41. The normalized spacial score (nSPS) is 18.6. The Labute approximate surface area is 225 Å². The second-order valence-electron chi connectivity index (χ2n) is 8.60. The molecule has 0 amide bonds. The topological polar surface area (TPSA) is 164 Å². The summed E-state index contributed by atoms with van der Waals surface area (Å²) >= 11 is 5.86.